The van der Waals surface area contributed by atoms with Gasteiger partial charge in [0.25, 0.3) is 5.69 Å². The van der Waals surface area contributed by atoms with Crippen molar-refractivity contribution >= 4 is 29.1 Å². The Morgan fingerprint density at radius 3 is 2.44 bits per heavy atom. The lowest BCUT2D eigenvalue weighted by molar-refractivity contribution is -0.387. The fourth-order valence-corrected chi connectivity index (χ4v) is 2.64. The van der Waals surface area contributed by atoms with Crippen LogP contribution in [0.15, 0.2) is 52.3 Å². The van der Waals surface area contributed by atoms with Gasteiger partial charge in [-0.05, 0) is 36.8 Å². The molecule has 2 aromatic rings. The lowest BCUT2D eigenvalue weighted by atomic mass is 10.2. The summed E-state index contributed by atoms with van der Waals surface area (Å²) in [5.41, 5.74) is 1.03. The zero-order valence-corrected chi connectivity index (χ0v) is 11.2. The second-order valence-corrected chi connectivity index (χ2v) is 5.26. The third-order valence-corrected chi connectivity index (χ3v) is 3.92. The number of rotatable bonds is 3. The fraction of sp³-hybridized carbons (Fsp3) is 0.0769. The van der Waals surface area contributed by atoms with E-state index in [9.17, 15) is 10.1 Å². The molecule has 0 saturated heterocycles. The molecule has 18 heavy (non-hydrogen) atoms. The maximum absolute atomic E-state index is 11.0. The number of aryl methyl sites for hydroxylation is 1. The Morgan fingerprint density at radius 2 is 1.83 bits per heavy atom. The normalized spacial score (nSPS) is 10.3. The van der Waals surface area contributed by atoms with E-state index in [4.69, 9.17) is 11.6 Å². The molecular formula is C13H10ClNO2S. The van der Waals surface area contributed by atoms with Gasteiger partial charge in [-0.3, -0.25) is 10.1 Å². The first-order valence-corrected chi connectivity index (χ1v) is 6.45. The van der Waals surface area contributed by atoms with Gasteiger partial charge in [-0.2, -0.15) is 0 Å². The van der Waals surface area contributed by atoms with E-state index in [0.717, 1.165) is 10.5 Å². The molecule has 2 rings (SSSR count). The predicted octanol–water partition coefficient (Wildman–Crippen LogP) is 4.71. The second kappa shape index (κ2) is 5.42. The number of benzene rings is 2. The van der Waals surface area contributed by atoms with Crippen molar-refractivity contribution in [2.24, 2.45) is 0 Å². The van der Waals surface area contributed by atoms with Gasteiger partial charge >= 0.3 is 0 Å². The third-order valence-electron chi connectivity index (χ3n) is 2.42. The number of nitro groups is 1. The molecule has 0 saturated carbocycles. The number of nitro benzene ring substituents is 1. The Morgan fingerprint density at radius 1 is 1.17 bits per heavy atom. The average molecular weight is 280 g/mol. The van der Waals surface area contributed by atoms with Crippen LogP contribution in [0.1, 0.15) is 5.56 Å². The molecule has 0 aliphatic rings. The Hall–Kier alpha value is -1.52. The molecule has 0 fully saturated rings. The summed E-state index contributed by atoms with van der Waals surface area (Å²) >= 11 is 7.19. The quantitative estimate of drug-likeness (QED) is 0.604. The SMILES string of the molecule is Cc1cccc([N+](=O)[O-])c1Sc1ccc(Cl)cc1. The van der Waals surface area contributed by atoms with E-state index in [2.05, 4.69) is 0 Å². The van der Waals surface area contributed by atoms with Gasteiger partial charge in [-0.25, -0.2) is 0 Å². The molecule has 0 unspecified atom stereocenters. The molecule has 0 atom stereocenters. The van der Waals surface area contributed by atoms with Gasteiger partial charge < -0.3 is 0 Å². The Labute approximate surface area is 114 Å². The van der Waals surface area contributed by atoms with E-state index in [1.165, 1.54) is 17.8 Å². The van der Waals surface area contributed by atoms with E-state index < -0.39 is 0 Å². The Bertz CT molecular complexity index is 584. The Balaban J connectivity index is 2.39. The molecule has 0 aliphatic carbocycles. The van der Waals surface area contributed by atoms with Crippen molar-refractivity contribution in [3.8, 4) is 0 Å². The molecule has 0 amide bonds. The minimum atomic E-state index is -0.356. The van der Waals surface area contributed by atoms with Crippen LogP contribution < -0.4 is 0 Å². The van der Waals surface area contributed by atoms with Gasteiger partial charge in [-0.1, -0.05) is 35.5 Å². The maximum Gasteiger partial charge on any atom is 0.283 e. The first-order valence-electron chi connectivity index (χ1n) is 5.25. The van der Waals surface area contributed by atoms with Crippen LogP contribution >= 0.6 is 23.4 Å². The van der Waals surface area contributed by atoms with Gasteiger partial charge in [-0.15, -0.1) is 0 Å². The van der Waals surface area contributed by atoms with Crippen molar-refractivity contribution in [3.63, 3.8) is 0 Å². The highest BCUT2D eigenvalue weighted by Crippen LogP contribution is 2.37. The van der Waals surface area contributed by atoms with Gasteiger partial charge in [0, 0.05) is 16.0 Å². The highest BCUT2D eigenvalue weighted by atomic mass is 35.5. The van der Waals surface area contributed by atoms with Crippen LogP contribution in [0.4, 0.5) is 5.69 Å². The van der Waals surface area contributed by atoms with Crippen LogP contribution in [-0.4, -0.2) is 4.92 Å². The summed E-state index contributed by atoms with van der Waals surface area (Å²) < 4.78 is 0. The van der Waals surface area contributed by atoms with Crippen LogP contribution in [0, 0.1) is 17.0 Å². The van der Waals surface area contributed by atoms with E-state index in [1.54, 1.807) is 18.2 Å². The minimum absolute atomic E-state index is 0.134. The summed E-state index contributed by atoms with van der Waals surface area (Å²) in [5, 5.41) is 11.6. The van der Waals surface area contributed by atoms with E-state index in [0.29, 0.717) is 9.92 Å². The smallest absolute Gasteiger partial charge is 0.258 e. The molecule has 0 aromatic heterocycles. The molecule has 0 radical (unpaired) electrons. The third kappa shape index (κ3) is 2.83. The number of hydrogen-bond donors (Lipinski definition) is 0. The van der Waals surface area contributed by atoms with Gasteiger partial charge in [0.05, 0.1) is 9.82 Å². The lowest BCUT2D eigenvalue weighted by Crippen LogP contribution is -1.92. The highest BCUT2D eigenvalue weighted by Gasteiger charge is 2.16. The topological polar surface area (TPSA) is 43.1 Å². The lowest BCUT2D eigenvalue weighted by Gasteiger charge is -2.06. The molecular weight excluding hydrogens is 270 g/mol. The van der Waals surface area contributed by atoms with Crippen molar-refractivity contribution in [3.05, 3.63) is 63.2 Å². The maximum atomic E-state index is 11.0. The predicted molar refractivity (Wildman–Crippen MR) is 73.4 cm³/mol. The van der Waals surface area contributed by atoms with Gasteiger partial charge in [0.1, 0.15) is 0 Å². The summed E-state index contributed by atoms with van der Waals surface area (Å²) in [6, 6.07) is 12.3. The van der Waals surface area contributed by atoms with Crippen molar-refractivity contribution in [2.45, 2.75) is 16.7 Å². The molecule has 0 spiro atoms. The standard InChI is InChI=1S/C13H10ClNO2S/c1-9-3-2-4-12(15(16)17)13(9)18-11-7-5-10(14)6-8-11/h2-8H,1H3. The molecule has 0 aliphatic heterocycles. The second-order valence-electron chi connectivity index (χ2n) is 3.74. The average Bonchev–Trinajstić information content (AvgIpc) is 2.34. The van der Waals surface area contributed by atoms with Crippen molar-refractivity contribution < 1.29 is 4.92 Å². The molecule has 5 heteroatoms. The van der Waals surface area contributed by atoms with Crippen LogP contribution in [-0.2, 0) is 0 Å². The fourth-order valence-electron chi connectivity index (χ4n) is 1.53. The zero-order chi connectivity index (χ0) is 13.1. The molecule has 3 nitrogen and oxygen atoms in total. The first-order chi connectivity index (χ1) is 8.58. The van der Waals surface area contributed by atoms with Crippen molar-refractivity contribution in [2.75, 3.05) is 0 Å². The van der Waals surface area contributed by atoms with Crippen molar-refractivity contribution in [1.82, 2.24) is 0 Å². The van der Waals surface area contributed by atoms with Crippen LogP contribution in [0.5, 0.6) is 0 Å². The summed E-state index contributed by atoms with van der Waals surface area (Å²) in [7, 11) is 0. The molecule has 0 N–H and O–H groups in total. The Kier molecular flexibility index (Phi) is 3.89. The minimum Gasteiger partial charge on any atom is -0.258 e. The van der Waals surface area contributed by atoms with E-state index in [-0.39, 0.29) is 10.6 Å². The highest BCUT2D eigenvalue weighted by molar-refractivity contribution is 7.99. The first kappa shape index (κ1) is 12.9. The van der Waals surface area contributed by atoms with Gasteiger partial charge in [0.2, 0.25) is 0 Å². The summed E-state index contributed by atoms with van der Waals surface area (Å²) in [4.78, 5) is 12.2. The molecule has 92 valence electrons. The zero-order valence-electron chi connectivity index (χ0n) is 9.59. The monoisotopic (exact) mass is 279 g/mol. The molecule has 2 aromatic carbocycles. The summed E-state index contributed by atoms with van der Waals surface area (Å²) in [5.74, 6) is 0. The van der Waals surface area contributed by atoms with Gasteiger partial charge in [0.15, 0.2) is 0 Å². The number of halogens is 1. The van der Waals surface area contributed by atoms with Crippen molar-refractivity contribution in [1.29, 1.82) is 0 Å². The van der Waals surface area contributed by atoms with Crippen LogP contribution in [0.25, 0.3) is 0 Å². The number of hydrogen-bond acceptors (Lipinski definition) is 3. The molecule has 0 bridgehead atoms. The summed E-state index contributed by atoms with van der Waals surface area (Å²) in [6.07, 6.45) is 0. The van der Waals surface area contributed by atoms with Crippen LogP contribution in [0.3, 0.4) is 0 Å². The number of nitrogens with zero attached hydrogens (tertiary/aromatic N) is 1. The van der Waals surface area contributed by atoms with Crippen LogP contribution in [0.2, 0.25) is 5.02 Å². The molecule has 0 heterocycles. The van der Waals surface area contributed by atoms with E-state index in [1.807, 2.05) is 25.1 Å². The largest absolute Gasteiger partial charge is 0.283 e. The van der Waals surface area contributed by atoms with E-state index >= 15 is 0 Å². The summed E-state index contributed by atoms with van der Waals surface area (Å²) in [6.45, 7) is 1.87.